The van der Waals surface area contributed by atoms with Crippen molar-refractivity contribution < 1.29 is 13.2 Å². The molecule has 1 amide bonds. The third-order valence-electron chi connectivity index (χ3n) is 3.18. The molecule has 0 saturated heterocycles. The van der Waals surface area contributed by atoms with Gasteiger partial charge < -0.3 is 5.32 Å². The van der Waals surface area contributed by atoms with E-state index in [1.807, 2.05) is 6.92 Å². The van der Waals surface area contributed by atoms with Gasteiger partial charge in [-0.3, -0.25) is 9.52 Å². The van der Waals surface area contributed by atoms with Crippen LogP contribution < -0.4 is 10.0 Å². The molecular formula is C15H14ClN3O3S3. The van der Waals surface area contributed by atoms with Crippen LogP contribution in [0.4, 0.5) is 10.8 Å². The zero-order valence-electron chi connectivity index (χ0n) is 13.1. The molecule has 0 unspecified atom stereocenters. The largest absolute Gasteiger partial charge is 0.302 e. The van der Waals surface area contributed by atoms with Crippen molar-refractivity contribution >= 4 is 71.2 Å². The number of sulfonamides is 1. The van der Waals surface area contributed by atoms with E-state index >= 15 is 0 Å². The van der Waals surface area contributed by atoms with Crippen molar-refractivity contribution in [2.45, 2.75) is 24.0 Å². The van der Waals surface area contributed by atoms with Crippen molar-refractivity contribution in [1.82, 2.24) is 4.98 Å². The van der Waals surface area contributed by atoms with Crippen molar-refractivity contribution in [3.8, 4) is 0 Å². The second kappa shape index (κ2) is 7.28. The Morgan fingerprint density at radius 3 is 2.72 bits per heavy atom. The van der Waals surface area contributed by atoms with Crippen molar-refractivity contribution in [3.05, 3.63) is 34.7 Å². The molecule has 2 heterocycles. The van der Waals surface area contributed by atoms with Crippen LogP contribution in [0.3, 0.4) is 0 Å². The van der Waals surface area contributed by atoms with Gasteiger partial charge in [0.2, 0.25) is 5.91 Å². The number of hydrogen-bond acceptors (Lipinski definition) is 6. The van der Waals surface area contributed by atoms with E-state index in [9.17, 15) is 13.2 Å². The summed E-state index contributed by atoms with van der Waals surface area (Å²) in [5.74, 6) is -0.0861. The number of anilines is 2. The van der Waals surface area contributed by atoms with Crippen LogP contribution in [0, 0.1) is 0 Å². The minimum atomic E-state index is -3.69. The predicted octanol–water partition coefficient (Wildman–Crippen LogP) is 4.55. The average molecular weight is 416 g/mol. The lowest BCUT2D eigenvalue weighted by Gasteiger charge is -2.05. The summed E-state index contributed by atoms with van der Waals surface area (Å²) in [6, 6.07) is 8.05. The highest BCUT2D eigenvalue weighted by Gasteiger charge is 2.17. The molecule has 3 rings (SSSR count). The summed E-state index contributed by atoms with van der Waals surface area (Å²) in [7, 11) is -3.69. The zero-order valence-corrected chi connectivity index (χ0v) is 16.3. The Hall–Kier alpha value is -1.68. The molecule has 0 spiro atoms. The van der Waals surface area contributed by atoms with E-state index in [4.69, 9.17) is 11.6 Å². The number of hydrogen-bond donors (Lipinski definition) is 2. The van der Waals surface area contributed by atoms with Gasteiger partial charge in [-0.2, -0.15) is 0 Å². The number of fused-ring (bicyclic) bond motifs is 1. The third kappa shape index (κ3) is 4.30. The molecule has 132 valence electrons. The summed E-state index contributed by atoms with van der Waals surface area (Å²) < 4.78 is 28.6. The van der Waals surface area contributed by atoms with Crippen LogP contribution in [0.15, 0.2) is 34.5 Å². The molecular weight excluding hydrogens is 402 g/mol. The highest BCUT2D eigenvalue weighted by Crippen LogP contribution is 2.31. The zero-order chi connectivity index (χ0) is 18.0. The lowest BCUT2D eigenvalue weighted by molar-refractivity contribution is -0.116. The molecule has 0 aliphatic carbocycles. The minimum Gasteiger partial charge on any atom is -0.302 e. The van der Waals surface area contributed by atoms with Crippen LogP contribution in [-0.2, 0) is 14.8 Å². The molecule has 0 saturated carbocycles. The molecule has 3 aromatic rings. The van der Waals surface area contributed by atoms with Gasteiger partial charge in [0.1, 0.15) is 4.21 Å². The molecule has 6 nitrogen and oxygen atoms in total. The Kier molecular flexibility index (Phi) is 5.28. The van der Waals surface area contributed by atoms with Crippen molar-refractivity contribution in [2.75, 3.05) is 10.0 Å². The number of benzene rings is 1. The predicted molar refractivity (Wildman–Crippen MR) is 103 cm³/mol. The van der Waals surface area contributed by atoms with Gasteiger partial charge in [0.05, 0.1) is 20.2 Å². The molecule has 2 aromatic heterocycles. The van der Waals surface area contributed by atoms with Crippen LogP contribution in [-0.4, -0.2) is 19.3 Å². The van der Waals surface area contributed by atoms with E-state index in [-0.39, 0.29) is 10.1 Å². The second-order valence-electron chi connectivity index (χ2n) is 5.16. The highest BCUT2D eigenvalue weighted by molar-refractivity contribution is 7.94. The van der Waals surface area contributed by atoms with Crippen LogP contribution in [0.1, 0.15) is 19.8 Å². The Labute approximate surface area is 157 Å². The Balaban J connectivity index is 1.82. The first-order valence-electron chi connectivity index (χ1n) is 7.36. The third-order valence-corrected chi connectivity index (χ3v) is 7.23. The fourth-order valence-corrected chi connectivity index (χ4v) is 5.50. The molecule has 0 radical (unpaired) electrons. The lowest BCUT2D eigenvalue weighted by atomic mass is 10.3. The van der Waals surface area contributed by atoms with Crippen LogP contribution >= 0.6 is 34.3 Å². The van der Waals surface area contributed by atoms with Gasteiger partial charge in [-0.05, 0) is 36.8 Å². The fourth-order valence-electron chi connectivity index (χ4n) is 2.10. The normalized spacial score (nSPS) is 11.6. The molecule has 0 bridgehead atoms. The van der Waals surface area contributed by atoms with Gasteiger partial charge >= 0.3 is 0 Å². The molecule has 2 N–H and O–H groups in total. The molecule has 25 heavy (non-hydrogen) atoms. The van der Waals surface area contributed by atoms with Gasteiger partial charge in [0, 0.05) is 6.42 Å². The summed E-state index contributed by atoms with van der Waals surface area (Å²) >= 11 is 8.13. The highest BCUT2D eigenvalue weighted by atomic mass is 35.5. The van der Waals surface area contributed by atoms with Crippen molar-refractivity contribution in [3.63, 3.8) is 0 Å². The van der Waals surface area contributed by atoms with Gasteiger partial charge in [-0.15, -0.1) is 11.3 Å². The summed E-state index contributed by atoms with van der Waals surface area (Å²) in [5, 5.41) is 3.24. The summed E-state index contributed by atoms with van der Waals surface area (Å²) in [6.45, 7) is 1.93. The van der Waals surface area contributed by atoms with Gasteiger partial charge in [-0.1, -0.05) is 29.9 Å². The van der Waals surface area contributed by atoms with Crippen molar-refractivity contribution in [2.24, 2.45) is 0 Å². The van der Waals surface area contributed by atoms with E-state index in [0.29, 0.717) is 27.1 Å². The monoisotopic (exact) mass is 415 g/mol. The first-order valence-corrected chi connectivity index (χ1v) is 10.9. The molecule has 1 aromatic carbocycles. The smallest absolute Gasteiger partial charge is 0.271 e. The number of halogens is 1. The molecule has 0 fully saturated rings. The number of carbonyl (C=O) groups excluding carboxylic acids is 1. The number of nitrogens with zero attached hydrogens (tertiary/aromatic N) is 1. The second-order valence-corrected chi connectivity index (χ2v) is 9.82. The Morgan fingerprint density at radius 2 is 2.04 bits per heavy atom. The summed E-state index contributed by atoms with van der Waals surface area (Å²) in [5.41, 5.74) is 1.01. The first-order chi connectivity index (χ1) is 11.9. The quantitative estimate of drug-likeness (QED) is 0.618. The van der Waals surface area contributed by atoms with Gasteiger partial charge in [0.15, 0.2) is 5.13 Å². The van der Waals surface area contributed by atoms with Gasteiger partial charge in [-0.25, -0.2) is 13.4 Å². The number of nitrogens with one attached hydrogen (secondary N) is 2. The van der Waals surface area contributed by atoms with Crippen molar-refractivity contribution in [1.29, 1.82) is 0 Å². The summed E-state index contributed by atoms with van der Waals surface area (Å²) in [4.78, 5) is 16.0. The minimum absolute atomic E-state index is 0.0861. The standard InChI is InChI=1S/C15H14ClN3O3S3/c1-2-3-13(20)18-15-17-10-8-9(4-5-11(10)23-15)19-25(21,22)14-7-6-12(16)24-14/h4-8,19H,2-3H2,1H3,(H,17,18,20). The van der Waals surface area contributed by atoms with E-state index in [1.54, 1.807) is 18.2 Å². The maximum Gasteiger partial charge on any atom is 0.271 e. The lowest BCUT2D eigenvalue weighted by Crippen LogP contribution is -2.11. The van der Waals surface area contributed by atoms with Crippen LogP contribution in [0.2, 0.25) is 4.34 Å². The maximum atomic E-state index is 12.3. The number of rotatable bonds is 6. The number of thiazole rings is 1. The maximum absolute atomic E-state index is 12.3. The van der Waals surface area contributed by atoms with Gasteiger partial charge in [0.25, 0.3) is 10.0 Å². The average Bonchev–Trinajstić information content (AvgIpc) is 3.12. The Morgan fingerprint density at radius 1 is 1.24 bits per heavy atom. The number of aromatic nitrogens is 1. The van der Waals surface area contributed by atoms with E-state index in [2.05, 4.69) is 15.0 Å². The number of thiophene rings is 1. The van der Waals surface area contributed by atoms with E-state index in [0.717, 1.165) is 22.5 Å². The SMILES string of the molecule is CCCC(=O)Nc1nc2cc(NS(=O)(=O)c3ccc(Cl)s3)ccc2s1. The van der Waals surface area contributed by atoms with E-state index in [1.165, 1.54) is 23.5 Å². The van der Waals surface area contributed by atoms with Crippen LogP contribution in [0.5, 0.6) is 0 Å². The topological polar surface area (TPSA) is 88.2 Å². The Bertz CT molecular complexity index is 1030. The first kappa shape index (κ1) is 18.1. The summed E-state index contributed by atoms with van der Waals surface area (Å²) in [6.07, 6.45) is 1.19. The van der Waals surface area contributed by atoms with E-state index < -0.39 is 10.0 Å². The molecule has 10 heteroatoms. The molecule has 0 aliphatic rings. The fraction of sp³-hybridized carbons (Fsp3) is 0.200. The molecule has 0 atom stereocenters. The number of carbonyl (C=O) groups is 1. The van der Waals surface area contributed by atoms with Crippen LogP contribution in [0.25, 0.3) is 10.2 Å². The number of amides is 1. The molecule has 0 aliphatic heterocycles.